The summed E-state index contributed by atoms with van der Waals surface area (Å²) in [6.07, 6.45) is 3.34. The van der Waals surface area contributed by atoms with E-state index in [4.69, 9.17) is 27.9 Å². The van der Waals surface area contributed by atoms with Crippen molar-refractivity contribution in [3.63, 3.8) is 0 Å². The van der Waals surface area contributed by atoms with E-state index in [1.807, 2.05) is 0 Å². The molecule has 0 aromatic heterocycles. The monoisotopic (exact) mass is 314 g/mol. The zero-order chi connectivity index (χ0) is 14.8. The van der Waals surface area contributed by atoms with Gasteiger partial charge in [-0.05, 0) is 45.6 Å². The number of hydrogen-bond donors (Lipinski definition) is 0. The minimum absolute atomic E-state index is 0.0123. The van der Waals surface area contributed by atoms with E-state index in [0.717, 1.165) is 19.3 Å². The number of ether oxygens (including phenoxy) is 1. The van der Waals surface area contributed by atoms with Gasteiger partial charge in [0.15, 0.2) is 0 Å². The van der Waals surface area contributed by atoms with Gasteiger partial charge in [0.1, 0.15) is 0 Å². The zero-order valence-electron chi connectivity index (χ0n) is 12.6. The summed E-state index contributed by atoms with van der Waals surface area (Å²) in [5.74, 6) is 1.06. The van der Waals surface area contributed by atoms with Crippen molar-refractivity contribution in [1.29, 1.82) is 0 Å². The van der Waals surface area contributed by atoms with Crippen molar-refractivity contribution in [2.75, 3.05) is 11.8 Å². The van der Waals surface area contributed by atoms with Crippen LogP contribution in [0, 0.1) is 6.92 Å². The zero-order valence-corrected chi connectivity index (χ0v) is 14.1. The standard InChI is InChI=1S/C17H24Cl2O/c1-13-5-4-6-14(9-13)17(11-18,12-19)10-15-7-8-16(2,3)20-15/h4-6,9,15H,7-8,10-12H2,1-3H3. The normalized spacial score (nSPS) is 22.1. The Morgan fingerprint density at radius 3 is 2.50 bits per heavy atom. The Morgan fingerprint density at radius 1 is 1.30 bits per heavy atom. The number of halogens is 2. The van der Waals surface area contributed by atoms with Crippen LogP contribution >= 0.6 is 23.2 Å². The Hall–Kier alpha value is -0.240. The molecule has 2 rings (SSSR count). The average Bonchev–Trinajstić information content (AvgIpc) is 2.75. The minimum Gasteiger partial charge on any atom is -0.372 e. The molecule has 1 aromatic carbocycles. The summed E-state index contributed by atoms with van der Waals surface area (Å²) >= 11 is 12.6. The second kappa shape index (κ2) is 6.25. The maximum absolute atomic E-state index is 6.32. The molecule has 0 N–H and O–H groups in total. The molecule has 1 saturated heterocycles. The number of hydrogen-bond acceptors (Lipinski definition) is 1. The summed E-state index contributed by atoms with van der Waals surface area (Å²) < 4.78 is 6.14. The summed E-state index contributed by atoms with van der Waals surface area (Å²) in [5.41, 5.74) is 2.27. The Bertz CT molecular complexity index is 452. The van der Waals surface area contributed by atoms with Crippen molar-refractivity contribution in [2.45, 2.75) is 57.2 Å². The molecule has 0 spiro atoms. The summed E-state index contributed by atoms with van der Waals surface area (Å²) in [7, 11) is 0. The molecule has 1 heterocycles. The molecule has 1 aromatic rings. The van der Waals surface area contributed by atoms with E-state index < -0.39 is 0 Å². The van der Waals surface area contributed by atoms with E-state index in [-0.39, 0.29) is 17.1 Å². The highest BCUT2D eigenvalue weighted by atomic mass is 35.5. The lowest BCUT2D eigenvalue weighted by molar-refractivity contribution is -0.0250. The van der Waals surface area contributed by atoms with Crippen molar-refractivity contribution < 1.29 is 4.74 Å². The van der Waals surface area contributed by atoms with Gasteiger partial charge in [0.2, 0.25) is 0 Å². The number of aryl methyl sites for hydroxylation is 1. The smallest absolute Gasteiger partial charge is 0.0631 e. The Labute approximate surface area is 132 Å². The fourth-order valence-corrected chi connectivity index (χ4v) is 3.86. The summed E-state index contributed by atoms with van der Waals surface area (Å²) in [6.45, 7) is 6.41. The molecule has 1 nitrogen and oxygen atoms in total. The minimum atomic E-state index is -0.194. The molecule has 112 valence electrons. The predicted octanol–water partition coefficient (Wildman–Crippen LogP) is 5.06. The van der Waals surface area contributed by atoms with Crippen LogP contribution < -0.4 is 0 Å². The maximum Gasteiger partial charge on any atom is 0.0631 e. The van der Waals surface area contributed by atoms with E-state index in [0.29, 0.717) is 11.8 Å². The first kappa shape index (κ1) is 16.1. The summed E-state index contributed by atoms with van der Waals surface area (Å²) in [4.78, 5) is 0. The first-order valence-corrected chi connectivity index (χ1v) is 8.35. The van der Waals surface area contributed by atoms with Gasteiger partial charge in [-0.1, -0.05) is 29.8 Å². The fraction of sp³-hybridized carbons (Fsp3) is 0.647. The van der Waals surface area contributed by atoms with Gasteiger partial charge in [0.05, 0.1) is 11.7 Å². The van der Waals surface area contributed by atoms with Crippen LogP contribution in [0.2, 0.25) is 0 Å². The maximum atomic E-state index is 6.32. The van der Waals surface area contributed by atoms with E-state index in [2.05, 4.69) is 45.0 Å². The van der Waals surface area contributed by atoms with E-state index in [1.54, 1.807) is 0 Å². The van der Waals surface area contributed by atoms with Crippen molar-refractivity contribution in [3.8, 4) is 0 Å². The van der Waals surface area contributed by atoms with Gasteiger partial charge in [0.25, 0.3) is 0 Å². The highest BCUT2D eigenvalue weighted by Gasteiger charge is 2.39. The molecule has 1 atom stereocenters. The van der Waals surface area contributed by atoms with Crippen LogP contribution in [-0.4, -0.2) is 23.5 Å². The number of rotatable bonds is 5. The first-order valence-electron chi connectivity index (χ1n) is 7.28. The van der Waals surface area contributed by atoms with Gasteiger partial charge in [-0.3, -0.25) is 0 Å². The van der Waals surface area contributed by atoms with Gasteiger partial charge in [-0.2, -0.15) is 0 Å². The van der Waals surface area contributed by atoms with Gasteiger partial charge in [0, 0.05) is 17.2 Å². The van der Waals surface area contributed by atoms with Crippen molar-refractivity contribution >= 4 is 23.2 Å². The highest BCUT2D eigenvalue weighted by Crippen LogP contribution is 2.39. The van der Waals surface area contributed by atoms with Gasteiger partial charge in [-0.25, -0.2) is 0 Å². The molecule has 1 unspecified atom stereocenters. The molecular formula is C17H24Cl2O. The van der Waals surface area contributed by atoms with Crippen molar-refractivity contribution in [3.05, 3.63) is 35.4 Å². The predicted molar refractivity (Wildman–Crippen MR) is 87.1 cm³/mol. The lowest BCUT2D eigenvalue weighted by Gasteiger charge is -2.33. The third-order valence-corrected chi connectivity index (χ3v) is 5.34. The number of alkyl halides is 2. The molecule has 1 aliphatic rings. The molecule has 1 aliphatic heterocycles. The van der Waals surface area contributed by atoms with Crippen LogP contribution in [0.5, 0.6) is 0 Å². The van der Waals surface area contributed by atoms with Gasteiger partial charge < -0.3 is 4.74 Å². The lowest BCUT2D eigenvalue weighted by Crippen LogP contribution is -2.36. The highest BCUT2D eigenvalue weighted by molar-refractivity contribution is 6.22. The molecule has 3 heteroatoms. The molecule has 0 aliphatic carbocycles. The second-order valence-corrected chi connectivity index (χ2v) is 7.19. The molecule has 0 radical (unpaired) electrons. The Balaban J connectivity index is 2.22. The average molecular weight is 315 g/mol. The fourth-order valence-electron chi connectivity index (χ4n) is 3.05. The molecule has 0 amide bonds. The van der Waals surface area contributed by atoms with E-state index >= 15 is 0 Å². The summed E-state index contributed by atoms with van der Waals surface area (Å²) in [6, 6.07) is 8.52. The van der Waals surface area contributed by atoms with E-state index in [1.165, 1.54) is 11.1 Å². The van der Waals surface area contributed by atoms with Crippen molar-refractivity contribution in [2.24, 2.45) is 0 Å². The van der Waals surface area contributed by atoms with E-state index in [9.17, 15) is 0 Å². The molecule has 0 bridgehead atoms. The van der Waals surface area contributed by atoms with Crippen LogP contribution in [0.1, 0.15) is 44.2 Å². The van der Waals surface area contributed by atoms with Crippen LogP contribution in [-0.2, 0) is 10.2 Å². The molecule has 0 saturated carbocycles. The molecular weight excluding hydrogens is 291 g/mol. The topological polar surface area (TPSA) is 9.23 Å². The Kier molecular flexibility index (Phi) is 5.05. The third kappa shape index (κ3) is 3.50. The SMILES string of the molecule is Cc1cccc(C(CCl)(CCl)CC2CCC(C)(C)O2)c1. The molecule has 1 fully saturated rings. The molecule has 20 heavy (non-hydrogen) atoms. The third-order valence-electron chi connectivity index (χ3n) is 4.31. The van der Waals surface area contributed by atoms with Gasteiger partial charge in [-0.15, -0.1) is 23.2 Å². The van der Waals surface area contributed by atoms with Crippen molar-refractivity contribution in [1.82, 2.24) is 0 Å². The lowest BCUT2D eigenvalue weighted by atomic mass is 9.78. The van der Waals surface area contributed by atoms with Crippen LogP contribution in [0.3, 0.4) is 0 Å². The van der Waals surface area contributed by atoms with Crippen LogP contribution in [0.4, 0.5) is 0 Å². The number of benzene rings is 1. The second-order valence-electron chi connectivity index (χ2n) is 6.66. The van der Waals surface area contributed by atoms with Crippen LogP contribution in [0.15, 0.2) is 24.3 Å². The quantitative estimate of drug-likeness (QED) is 0.690. The van der Waals surface area contributed by atoms with Gasteiger partial charge >= 0.3 is 0 Å². The van der Waals surface area contributed by atoms with Crippen LogP contribution in [0.25, 0.3) is 0 Å². The summed E-state index contributed by atoms with van der Waals surface area (Å²) in [5, 5.41) is 0. The largest absolute Gasteiger partial charge is 0.372 e. The first-order chi connectivity index (χ1) is 9.41. The Morgan fingerprint density at radius 2 is 2.00 bits per heavy atom.